The van der Waals surface area contributed by atoms with Gasteiger partial charge in [-0.15, -0.1) is 0 Å². The minimum absolute atomic E-state index is 0.0537. The van der Waals surface area contributed by atoms with E-state index in [4.69, 9.17) is 0 Å². The molecule has 156 valence electrons. The molecular formula is C21H26F2N4O2. The lowest BCUT2D eigenvalue weighted by Gasteiger charge is -2.15. The molecule has 0 bridgehead atoms. The highest BCUT2D eigenvalue weighted by atomic mass is 19.3. The standard InChI is InChI=1S/C21H26F2N4O2/c1-14-5-10-18(29-20(22)23)17(11-14)13-26-21(24-2)25-12-15-6-8-16(9-7-15)19(28)27(3)4/h5-11,20H,12-13H2,1-4H3,(H2,24,25,26). The van der Waals surface area contributed by atoms with Crippen molar-refractivity contribution in [1.29, 1.82) is 0 Å². The Morgan fingerprint density at radius 3 is 2.34 bits per heavy atom. The van der Waals surface area contributed by atoms with E-state index in [-0.39, 0.29) is 18.2 Å². The van der Waals surface area contributed by atoms with E-state index < -0.39 is 6.61 Å². The first-order valence-corrected chi connectivity index (χ1v) is 9.09. The van der Waals surface area contributed by atoms with Crippen molar-refractivity contribution in [2.24, 2.45) is 4.99 Å². The number of halogens is 2. The van der Waals surface area contributed by atoms with Gasteiger partial charge in [-0.3, -0.25) is 9.79 Å². The number of nitrogens with one attached hydrogen (secondary N) is 2. The van der Waals surface area contributed by atoms with Gasteiger partial charge in [0.15, 0.2) is 5.96 Å². The first kappa shape index (κ1) is 22.1. The van der Waals surface area contributed by atoms with Crippen LogP contribution in [0.2, 0.25) is 0 Å². The van der Waals surface area contributed by atoms with Gasteiger partial charge in [-0.1, -0.05) is 29.8 Å². The molecule has 0 aliphatic rings. The quantitative estimate of drug-likeness (QED) is 0.550. The molecule has 0 heterocycles. The Bertz CT molecular complexity index is 852. The zero-order chi connectivity index (χ0) is 21.4. The van der Waals surface area contributed by atoms with Crippen LogP contribution < -0.4 is 15.4 Å². The molecule has 0 spiro atoms. The van der Waals surface area contributed by atoms with E-state index in [2.05, 4.69) is 20.4 Å². The number of guanidine groups is 1. The Labute approximate surface area is 169 Å². The lowest BCUT2D eigenvalue weighted by Crippen LogP contribution is -2.36. The summed E-state index contributed by atoms with van der Waals surface area (Å²) in [6.45, 7) is -0.228. The van der Waals surface area contributed by atoms with Crippen LogP contribution in [0.15, 0.2) is 47.5 Å². The number of benzene rings is 2. The molecule has 0 aliphatic heterocycles. The van der Waals surface area contributed by atoms with Gasteiger partial charge in [-0.2, -0.15) is 8.78 Å². The molecule has 0 saturated carbocycles. The Morgan fingerprint density at radius 2 is 1.76 bits per heavy atom. The minimum atomic E-state index is -2.88. The fourth-order valence-electron chi connectivity index (χ4n) is 2.67. The van der Waals surface area contributed by atoms with Crippen molar-refractivity contribution in [2.45, 2.75) is 26.6 Å². The number of carbonyl (C=O) groups is 1. The number of hydrogen-bond donors (Lipinski definition) is 2. The Kier molecular flexibility index (Phi) is 7.94. The molecule has 8 heteroatoms. The van der Waals surface area contributed by atoms with Crippen molar-refractivity contribution < 1.29 is 18.3 Å². The summed E-state index contributed by atoms with van der Waals surface area (Å²) in [5, 5.41) is 6.25. The van der Waals surface area contributed by atoms with E-state index in [9.17, 15) is 13.6 Å². The Balaban J connectivity index is 1.95. The molecule has 2 aromatic rings. The van der Waals surface area contributed by atoms with Crippen LogP contribution in [0.4, 0.5) is 8.78 Å². The second-order valence-electron chi connectivity index (χ2n) is 6.67. The Hall–Kier alpha value is -3.16. The van der Waals surface area contributed by atoms with Crippen LogP contribution in [0.1, 0.15) is 27.0 Å². The van der Waals surface area contributed by atoms with Gasteiger partial charge in [0.2, 0.25) is 0 Å². The number of hydrogen-bond acceptors (Lipinski definition) is 3. The second kappa shape index (κ2) is 10.4. The number of ether oxygens (including phenoxy) is 1. The average molecular weight is 404 g/mol. The summed E-state index contributed by atoms with van der Waals surface area (Å²) in [6, 6.07) is 12.3. The molecule has 2 aromatic carbocycles. The van der Waals surface area contributed by atoms with E-state index in [1.807, 2.05) is 19.1 Å². The predicted octanol–water partition coefficient (Wildman–Crippen LogP) is 3.16. The lowest BCUT2D eigenvalue weighted by atomic mass is 10.1. The minimum Gasteiger partial charge on any atom is -0.434 e. The zero-order valence-corrected chi connectivity index (χ0v) is 17.0. The monoisotopic (exact) mass is 404 g/mol. The van der Waals surface area contributed by atoms with Gasteiger partial charge < -0.3 is 20.3 Å². The summed E-state index contributed by atoms with van der Waals surface area (Å²) in [7, 11) is 5.04. The Morgan fingerprint density at radius 1 is 1.10 bits per heavy atom. The SMILES string of the molecule is CN=C(NCc1ccc(C(=O)N(C)C)cc1)NCc1cc(C)ccc1OC(F)F. The topological polar surface area (TPSA) is 66.0 Å². The number of rotatable bonds is 7. The lowest BCUT2D eigenvalue weighted by molar-refractivity contribution is -0.0504. The van der Waals surface area contributed by atoms with E-state index in [0.29, 0.717) is 23.6 Å². The van der Waals surface area contributed by atoms with Crippen molar-refractivity contribution >= 4 is 11.9 Å². The van der Waals surface area contributed by atoms with E-state index in [0.717, 1.165) is 11.1 Å². The molecule has 0 aliphatic carbocycles. The van der Waals surface area contributed by atoms with Crippen LogP contribution in [-0.4, -0.2) is 44.5 Å². The summed E-state index contributed by atoms with van der Waals surface area (Å²) < 4.78 is 29.8. The van der Waals surface area contributed by atoms with Crippen molar-refractivity contribution in [3.05, 3.63) is 64.7 Å². The molecule has 0 aromatic heterocycles. The van der Waals surface area contributed by atoms with Crippen molar-refractivity contribution in [1.82, 2.24) is 15.5 Å². The highest BCUT2D eigenvalue weighted by Crippen LogP contribution is 2.22. The molecular weight excluding hydrogens is 378 g/mol. The molecule has 0 unspecified atom stereocenters. The molecule has 2 N–H and O–H groups in total. The molecule has 29 heavy (non-hydrogen) atoms. The zero-order valence-electron chi connectivity index (χ0n) is 17.0. The fourth-order valence-corrected chi connectivity index (χ4v) is 2.67. The van der Waals surface area contributed by atoms with Crippen LogP contribution in [-0.2, 0) is 13.1 Å². The van der Waals surface area contributed by atoms with Gasteiger partial charge in [0.1, 0.15) is 5.75 Å². The second-order valence-corrected chi connectivity index (χ2v) is 6.67. The first-order chi connectivity index (χ1) is 13.8. The van der Waals surface area contributed by atoms with Gasteiger partial charge in [0.05, 0.1) is 0 Å². The molecule has 0 saturated heterocycles. The molecule has 6 nitrogen and oxygen atoms in total. The third-order valence-corrected chi connectivity index (χ3v) is 4.17. The summed E-state index contributed by atoms with van der Waals surface area (Å²) in [6.07, 6.45) is 0. The van der Waals surface area contributed by atoms with Gasteiger partial charge in [0.25, 0.3) is 5.91 Å². The van der Waals surface area contributed by atoms with Crippen LogP contribution in [0.5, 0.6) is 5.75 Å². The highest BCUT2D eigenvalue weighted by molar-refractivity contribution is 5.93. The van der Waals surface area contributed by atoms with Crippen LogP contribution in [0, 0.1) is 6.92 Å². The summed E-state index contributed by atoms with van der Waals surface area (Å²) in [4.78, 5) is 17.6. The normalized spacial score (nSPS) is 11.3. The van der Waals surface area contributed by atoms with Crippen molar-refractivity contribution in [3.63, 3.8) is 0 Å². The smallest absolute Gasteiger partial charge is 0.387 e. The molecule has 0 fully saturated rings. The van der Waals surface area contributed by atoms with Gasteiger partial charge in [-0.25, -0.2) is 0 Å². The number of aliphatic imine (C=N–C) groups is 1. The van der Waals surface area contributed by atoms with Gasteiger partial charge >= 0.3 is 6.61 Å². The number of aryl methyl sites for hydroxylation is 1. The predicted molar refractivity (Wildman–Crippen MR) is 109 cm³/mol. The van der Waals surface area contributed by atoms with Crippen molar-refractivity contribution in [3.8, 4) is 5.75 Å². The molecule has 0 atom stereocenters. The van der Waals surface area contributed by atoms with Crippen LogP contribution >= 0.6 is 0 Å². The summed E-state index contributed by atoms with van der Waals surface area (Å²) >= 11 is 0. The van der Waals surface area contributed by atoms with Gasteiger partial charge in [-0.05, 0) is 30.7 Å². The maximum absolute atomic E-state index is 12.6. The van der Waals surface area contributed by atoms with Crippen LogP contribution in [0.25, 0.3) is 0 Å². The number of nitrogens with zero attached hydrogens (tertiary/aromatic N) is 2. The number of alkyl halides is 2. The maximum Gasteiger partial charge on any atom is 0.387 e. The average Bonchev–Trinajstić information content (AvgIpc) is 2.69. The summed E-state index contributed by atoms with van der Waals surface area (Å²) in [5.41, 5.74) is 3.14. The maximum atomic E-state index is 12.6. The van der Waals surface area contributed by atoms with E-state index >= 15 is 0 Å². The van der Waals surface area contributed by atoms with Gasteiger partial charge in [0, 0.05) is 45.4 Å². The first-order valence-electron chi connectivity index (χ1n) is 9.09. The molecule has 1 amide bonds. The van der Waals surface area contributed by atoms with Crippen molar-refractivity contribution in [2.75, 3.05) is 21.1 Å². The van der Waals surface area contributed by atoms with Crippen LogP contribution in [0.3, 0.4) is 0 Å². The van der Waals surface area contributed by atoms with E-state index in [1.165, 1.54) is 11.0 Å². The number of amides is 1. The highest BCUT2D eigenvalue weighted by Gasteiger charge is 2.11. The molecule has 0 radical (unpaired) electrons. The largest absolute Gasteiger partial charge is 0.434 e. The van der Waals surface area contributed by atoms with E-state index in [1.54, 1.807) is 45.4 Å². The third kappa shape index (κ3) is 6.74. The fraction of sp³-hybridized carbons (Fsp3) is 0.333. The molecule has 2 rings (SSSR count). The summed E-state index contributed by atoms with van der Waals surface area (Å²) in [5.74, 6) is 0.597. The third-order valence-electron chi connectivity index (χ3n) is 4.17. The number of carbonyl (C=O) groups excluding carboxylic acids is 1.